The fourth-order valence-corrected chi connectivity index (χ4v) is 2.78. The second-order valence-corrected chi connectivity index (χ2v) is 5.75. The molecule has 0 unspecified atom stereocenters. The van der Waals surface area contributed by atoms with Crippen molar-refractivity contribution in [3.63, 3.8) is 0 Å². The number of hydrogen-bond donors (Lipinski definition) is 3. The summed E-state index contributed by atoms with van der Waals surface area (Å²) in [5.74, 6) is -1.03. The van der Waals surface area contributed by atoms with E-state index in [0.29, 0.717) is 24.3 Å². The summed E-state index contributed by atoms with van der Waals surface area (Å²) in [6.45, 7) is 0. The van der Waals surface area contributed by atoms with Gasteiger partial charge >= 0.3 is 5.97 Å². The van der Waals surface area contributed by atoms with Gasteiger partial charge < -0.3 is 19.8 Å². The molecule has 7 heteroatoms. The molecule has 1 amide bonds. The van der Waals surface area contributed by atoms with Crippen molar-refractivity contribution >= 4 is 11.9 Å². The second kappa shape index (κ2) is 5.75. The van der Waals surface area contributed by atoms with Crippen LogP contribution in [0.4, 0.5) is 0 Å². The Morgan fingerprint density at radius 2 is 2.09 bits per heavy atom. The average Bonchev–Trinajstić information content (AvgIpc) is 2.98. The molecule has 1 aliphatic rings. The molecule has 0 aliphatic heterocycles. The lowest BCUT2D eigenvalue weighted by molar-refractivity contribution is -0.139. The zero-order valence-corrected chi connectivity index (χ0v) is 12.3. The molecule has 3 rings (SSSR count). The fourth-order valence-electron chi connectivity index (χ4n) is 2.78. The minimum atomic E-state index is -0.966. The van der Waals surface area contributed by atoms with Crippen LogP contribution in [-0.4, -0.2) is 27.5 Å². The maximum absolute atomic E-state index is 12.3. The van der Waals surface area contributed by atoms with E-state index in [4.69, 9.17) is 9.52 Å². The quantitative estimate of drug-likeness (QED) is 0.778. The number of furan rings is 1. The summed E-state index contributed by atoms with van der Waals surface area (Å²) >= 11 is 0. The molecule has 0 spiro atoms. The van der Waals surface area contributed by atoms with Crippen LogP contribution in [0.3, 0.4) is 0 Å². The largest absolute Gasteiger partial charge is 0.481 e. The summed E-state index contributed by atoms with van der Waals surface area (Å²) in [5.41, 5.74) is -0.853. The van der Waals surface area contributed by atoms with Crippen molar-refractivity contribution in [1.82, 2.24) is 10.3 Å². The smallest absolute Gasteiger partial charge is 0.305 e. The van der Waals surface area contributed by atoms with E-state index in [0.717, 1.165) is 6.42 Å². The molecule has 1 saturated carbocycles. The van der Waals surface area contributed by atoms with E-state index in [9.17, 15) is 14.4 Å². The van der Waals surface area contributed by atoms with Gasteiger partial charge in [0.1, 0.15) is 11.3 Å². The summed E-state index contributed by atoms with van der Waals surface area (Å²) in [6.07, 6.45) is 3.42. The van der Waals surface area contributed by atoms with E-state index in [1.54, 1.807) is 18.2 Å². The van der Waals surface area contributed by atoms with Crippen LogP contribution in [0, 0.1) is 0 Å². The zero-order valence-electron chi connectivity index (χ0n) is 12.3. The SMILES string of the molecule is O=C(O)CC1(NC(=O)c2ccc(-c3ccco3)[nH]c2=O)CCC1. The standard InChI is InChI=1S/C16H16N2O5/c19-13(20)9-16(6-2-7-16)18-15(22)10-4-5-11(17-14(10)21)12-3-1-8-23-12/h1,3-5,8H,2,6-7,9H2,(H,17,21)(H,18,22)(H,19,20). The molecule has 120 valence electrons. The highest BCUT2D eigenvalue weighted by atomic mass is 16.4. The predicted molar refractivity (Wildman–Crippen MR) is 81.1 cm³/mol. The Balaban J connectivity index is 1.80. The number of carboxylic acids is 1. The minimum Gasteiger partial charge on any atom is -0.481 e. The summed E-state index contributed by atoms with van der Waals surface area (Å²) in [6, 6.07) is 6.39. The Kier molecular flexibility index (Phi) is 3.77. The van der Waals surface area contributed by atoms with Gasteiger partial charge in [-0.2, -0.15) is 0 Å². The molecule has 3 N–H and O–H groups in total. The monoisotopic (exact) mass is 316 g/mol. The average molecular weight is 316 g/mol. The molecule has 2 aromatic rings. The van der Waals surface area contributed by atoms with E-state index in [1.165, 1.54) is 12.3 Å². The van der Waals surface area contributed by atoms with Crippen LogP contribution in [0.2, 0.25) is 0 Å². The van der Waals surface area contributed by atoms with Crippen molar-refractivity contribution in [1.29, 1.82) is 0 Å². The summed E-state index contributed by atoms with van der Waals surface area (Å²) in [7, 11) is 0. The third kappa shape index (κ3) is 3.03. The number of hydrogen-bond acceptors (Lipinski definition) is 4. The molecule has 2 heterocycles. The summed E-state index contributed by atoms with van der Waals surface area (Å²) in [5, 5.41) is 11.7. The van der Waals surface area contributed by atoms with Crippen LogP contribution >= 0.6 is 0 Å². The van der Waals surface area contributed by atoms with Gasteiger partial charge in [0.25, 0.3) is 11.5 Å². The van der Waals surface area contributed by atoms with E-state index in [-0.39, 0.29) is 12.0 Å². The molecule has 0 saturated heterocycles. The van der Waals surface area contributed by atoms with Crippen molar-refractivity contribution in [3.8, 4) is 11.5 Å². The van der Waals surface area contributed by atoms with E-state index in [1.807, 2.05) is 0 Å². The summed E-state index contributed by atoms with van der Waals surface area (Å²) < 4.78 is 5.19. The molecule has 1 fully saturated rings. The normalized spacial score (nSPS) is 15.7. The number of aliphatic carboxylic acids is 1. The molecular formula is C16H16N2O5. The molecule has 0 atom stereocenters. The molecule has 0 bridgehead atoms. The number of pyridine rings is 1. The number of rotatable bonds is 5. The van der Waals surface area contributed by atoms with Gasteiger partial charge in [-0.3, -0.25) is 14.4 Å². The lowest BCUT2D eigenvalue weighted by Gasteiger charge is -2.41. The molecular weight excluding hydrogens is 300 g/mol. The van der Waals surface area contributed by atoms with Gasteiger partial charge in [0.05, 0.1) is 23.9 Å². The third-order valence-electron chi connectivity index (χ3n) is 4.12. The highest BCUT2D eigenvalue weighted by Crippen LogP contribution is 2.35. The van der Waals surface area contributed by atoms with Crippen molar-refractivity contribution in [2.24, 2.45) is 0 Å². The maximum atomic E-state index is 12.3. The maximum Gasteiger partial charge on any atom is 0.305 e. The topological polar surface area (TPSA) is 112 Å². The van der Waals surface area contributed by atoms with Crippen LogP contribution in [-0.2, 0) is 4.79 Å². The molecule has 23 heavy (non-hydrogen) atoms. The number of carboxylic acid groups (broad SMARTS) is 1. The summed E-state index contributed by atoms with van der Waals surface area (Å²) in [4.78, 5) is 38.0. The first kappa shape index (κ1) is 15.1. The molecule has 0 aromatic carbocycles. The lowest BCUT2D eigenvalue weighted by Crippen LogP contribution is -2.55. The minimum absolute atomic E-state index is 0.0445. The van der Waals surface area contributed by atoms with E-state index in [2.05, 4.69) is 10.3 Å². The number of aromatic amines is 1. The van der Waals surface area contributed by atoms with Crippen LogP contribution in [0.15, 0.2) is 39.7 Å². The predicted octanol–water partition coefficient (Wildman–Crippen LogP) is 1.76. The van der Waals surface area contributed by atoms with Gasteiger partial charge in [-0.1, -0.05) is 0 Å². The lowest BCUT2D eigenvalue weighted by atomic mass is 9.74. The van der Waals surface area contributed by atoms with Crippen molar-refractivity contribution in [2.75, 3.05) is 0 Å². The first-order valence-electron chi connectivity index (χ1n) is 7.31. The van der Waals surface area contributed by atoms with E-state index < -0.39 is 23.0 Å². The molecule has 1 aliphatic carbocycles. The van der Waals surface area contributed by atoms with Crippen LogP contribution in [0.5, 0.6) is 0 Å². The van der Waals surface area contributed by atoms with Crippen LogP contribution in [0.1, 0.15) is 36.0 Å². The zero-order chi connectivity index (χ0) is 16.4. The number of amides is 1. The Bertz CT molecular complexity index is 787. The van der Waals surface area contributed by atoms with Gasteiger partial charge in [0.15, 0.2) is 0 Å². The van der Waals surface area contributed by atoms with Crippen LogP contribution in [0.25, 0.3) is 11.5 Å². The Morgan fingerprint density at radius 1 is 1.30 bits per heavy atom. The van der Waals surface area contributed by atoms with Gasteiger partial charge in [0, 0.05) is 0 Å². The number of nitrogens with one attached hydrogen (secondary N) is 2. The Hall–Kier alpha value is -2.83. The Morgan fingerprint density at radius 3 is 2.61 bits per heavy atom. The Labute approximate surface area is 131 Å². The molecule has 0 radical (unpaired) electrons. The number of H-pyrrole nitrogens is 1. The fraction of sp³-hybridized carbons (Fsp3) is 0.312. The number of aromatic nitrogens is 1. The van der Waals surface area contributed by atoms with E-state index >= 15 is 0 Å². The van der Waals surface area contributed by atoms with Crippen LogP contribution < -0.4 is 10.9 Å². The van der Waals surface area contributed by atoms with Gasteiger partial charge in [-0.05, 0) is 43.5 Å². The third-order valence-corrected chi connectivity index (χ3v) is 4.12. The highest BCUT2D eigenvalue weighted by molar-refractivity contribution is 5.95. The number of carbonyl (C=O) groups is 2. The van der Waals surface area contributed by atoms with Gasteiger partial charge in [-0.25, -0.2) is 0 Å². The van der Waals surface area contributed by atoms with Crippen molar-refractivity contribution < 1.29 is 19.1 Å². The first-order valence-corrected chi connectivity index (χ1v) is 7.31. The highest BCUT2D eigenvalue weighted by Gasteiger charge is 2.40. The molecule has 7 nitrogen and oxygen atoms in total. The first-order chi connectivity index (χ1) is 11.0. The van der Waals surface area contributed by atoms with Gasteiger partial charge in [0.2, 0.25) is 0 Å². The van der Waals surface area contributed by atoms with Gasteiger partial charge in [-0.15, -0.1) is 0 Å². The van der Waals surface area contributed by atoms with Crippen molar-refractivity contribution in [3.05, 3.63) is 46.4 Å². The second-order valence-electron chi connectivity index (χ2n) is 5.75. The van der Waals surface area contributed by atoms with Crippen molar-refractivity contribution in [2.45, 2.75) is 31.2 Å². The molecule has 2 aromatic heterocycles. The number of carbonyl (C=O) groups excluding carboxylic acids is 1.